The summed E-state index contributed by atoms with van der Waals surface area (Å²) >= 11 is 0. The van der Waals surface area contributed by atoms with E-state index in [0.29, 0.717) is 0 Å². The van der Waals surface area contributed by atoms with Gasteiger partial charge in [-0.25, -0.2) is 0 Å². The zero-order valence-corrected chi connectivity index (χ0v) is 8.84. The lowest BCUT2D eigenvalue weighted by atomic mass is 10.2. The monoisotopic (exact) mass is 210 g/mol. The third kappa shape index (κ3) is 3.19. The number of hydrogen-bond acceptors (Lipinski definition) is 4. The van der Waals surface area contributed by atoms with Crippen LogP contribution in [0.2, 0.25) is 0 Å². The highest BCUT2D eigenvalue weighted by molar-refractivity contribution is 5.38. The van der Waals surface area contributed by atoms with E-state index >= 15 is 0 Å². The van der Waals surface area contributed by atoms with Crippen LogP contribution in [0.15, 0.2) is 18.3 Å². The topological polar surface area (TPSA) is 65.3 Å². The Hall–Kier alpha value is -1.65. The Morgan fingerprint density at radius 2 is 2.40 bits per heavy atom. The highest BCUT2D eigenvalue weighted by atomic mass is 16.6. The van der Waals surface area contributed by atoms with Gasteiger partial charge in [-0.1, -0.05) is 13.3 Å². The molecule has 0 aliphatic rings. The molecule has 0 radical (unpaired) electrons. The first-order chi connectivity index (χ1) is 7.15. The standard InChI is InChI=1S/C10H14N2O3/c1-3-5-8(2)15-9-6-4-7-11-10(9)12(13)14/h4,6-8H,3,5H2,1-2H3/t8-/m1/s1. The average molecular weight is 210 g/mol. The van der Waals surface area contributed by atoms with E-state index in [2.05, 4.69) is 4.98 Å². The summed E-state index contributed by atoms with van der Waals surface area (Å²) in [6, 6.07) is 3.19. The molecule has 1 aromatic rings. The maximum atomic E-state index is 10.6. The fourth-order valence-corrected chi connectivity index (χ4v) is 1.29. The molecule has 1 heterocycles. The van der Waals surface area contributed by atoms with E-state index in [4.69, 9.17) is 4.74 Å². The summed E-state index contributed by atoms with van der Waals surface area (Å²) in [7, 11) is 0. The SMILES string of the molecule is CCC[C@@H](C)Oc1cccnc1[N+](=O)[O-]. The number of aromatic nitrogens is 1. The molecule has 1 atom stereocenters. The third-order valence-electron chi connectivity index (χ3n) is 1.95. The number of nitrogens with zero attached hydrogens (tertiary/aromatic N) is 2. The molecule has 5 heteroatoms. The van der Waals surface area contributed by atoms with Gasteiger partial charge in [-0.15, -0.1) is 0 Å². The summed E-state index contributed by atoms with van der Waals surface area (Å²) in [5.74, 6) is 0.0175. The van der Waals surface area contributed by atoms with Crippen molar-refractivity contribution < 1.29 is 9.66 Å². The van der Waals surface area contributed by atoms with E-state index in [1.165, 1.54) is 6.20 Å². The summed E-state index contributed by atoms with van der Waals surface area (Å²) in [5, 5.41) is 10.6. The average Bonchev–Trinajstić information content (AvgIpc) is 2.18. The van der Waals surface area contributed by atoms with Gasteiger partial charge in [-0.05, 0) is 35.4 Å². The lowest BCUT2D eigenvalue weighted by molar-refractivity contribution is -0.390. The Bertz CT molecular complexity index is 341. The number of nitro groups is 1. The predicted octanol–water partition coefficient (Wildman–Crippen LogP) is 2.56. The molecule has 0 saturated carbocycles. The highest BCUT2D eigenvalue weighted by Crippen LogP contribution is 2.24. The zero-order valence-electron chi connectivity index (χ0n) is 8.84. The van der Waals surface area contributed by atoms with Crippen LogP contribution in [0, 0.1) is 10.1 Å². The van der Waals surface area contributed by atoms with Crippen LogP contribution in [0.25, 0.3) is 0 Å². The number of hydrogen-bond donors (Lipinski definition) is 0. The lowest BCUT2D eigenvalue weighted by Crippen LogP contribution is -2.12. The van der Waals surface area contributed by atoms with Gasteiger partial charge in [0, 0.05) is 0 Å². The minimum absolute atomic E-state index is 0.0297. The minimum Gasteiger partial charge on any atom is -0.483 e. The Morgan fingerprint density at radius 3 is 3.00 bits per heavy atom. The van der Waals surface area contributed by atoms with Gasteiger partial charge in [-0.3, -0.25) is 0 Å². The van der Waals surface area contributed by atoms with Gasteiger partial charge in [0.05, 0.1) is 6.10 Å². The van der Waals surface area contributed by atoms with Crippen molar-refractivity contribution in [3.63, 3.8) is 0 Å². The Balaban J connectivity index is 2.79. The molecular formula is C10H14N2O3. The third-order valence-corrected chi connectivity index (χ3v) is 1.95. The second kappa shape index (κ2) is 5.29. The summed E-state index contributed by atoms with van der Waals surface area (Å²) in [4.78, 5) is 13.8. The van der Waals surface area contributed by atoms with E-state index in [-0.39, 0.29) is 17.7 Å². The first-order valence-corrected chi connectivity index (χ1v) is 4.91. The molecule has 0 amide bonds. The molecule has 0 fully saturated rings. The van der Waals surface area contributed by atoms with Crippen molar-refractivity contribution in [3.05, 3.63) is 28.4 Å². The molecule has 0 aliphatic carbocycles. The van der Waals surface area contributed by atoms with Crippen molar-refractivity contribution in [3.8, 4) is 5.75 Å². The largest absolute Gasteiger partial charge is 0.483 e. The van der Waals surface area contributed by atoms with E-state index in [1.54, 1.807) is 12.1 Å². The van der Waals surface area contributed by atoms with Gasteiger partial charge in [-0.2, -0.15) is 0 Å². The molecule has 82 valence electrons. The second-order valence-electron chi connectivity index (χ2n) is 3.30. The first kappa shape index (κ1) is 11.4. The molecule has 0 aromatic carbocycles. The summed E-state index contributed by atoms with van der Waals surface area (Å²) < 4.78 is 5.44. The van der Waals surface area contributed by atoms with Crippen LogP contribution in [-0.4, -0.2) is 16.0 Å². The van der Waals surface area contributed by atoms with Crippen molar-refractivity contribution >= 4 is 5.82 Å². The van der Waals surface area contributed by atoms with Gasteiger partial charge < -0.3 is 14.9 Å². The van der Waals surface area contributed by atoms with Crippen molar-refractivity contribution in [2.75, 3.05) is 0 Å². The van der Waals surface area contributed by atoms with Gasteiger partial charge in [0.1, 0.15) is 6.20 Å². The molecule has 1 aromatic heterocycles. The van der Waals surface area contributed by atoms with Crippen molar-refractivity contribution in [2.24, 2.45) is 0 Å². The molecule has 0 aliphatic heterocycles. The normalized spacial score (nSPS) is 12.1. The molecule has 0 bridgehead atoms. The summed E-state index contributed by atoms with van der Waals surface area (Å²) in [6.07, 6.45) is 3.20. The van der Waals surface area contributed by atoms with E-state index < -0.39 is 4.92 Å². The molecule has 0 saturated heterocycles. The quantitative estimate of drug-likeness (QED) is 0.553. The van der Waals surface area contributed by atoms with Crippen LogP contribution < -0.4 is 4.74 Å². The minimum atomic E-state index is -0.534. The molecule has 5 nitrogen and oxygen atoms in total. The van der Waals surface area contributed by atoms with Crippen molar-refractivity contribution in [2.45, 2.75) is 32.8 Å². The Labute approximate surface area is 88.2 Å². The van der Waals surface area contributed by atoms with Gasteiger partial charge in [0.15, 0.2) is 0 Å². The second-order valence-corrected chi connectivity index (χ2v) is 3.30. The van der Waals surface area contributed by atoms with Gasteiger partial charge >= 0.3 is 5.82 Å². The van der Waals surface area contributed by atoms with Crippen LogP contribution in [0.5, 0.6) is 5.75 Å². The number of pyridine rings is 1. The van der Waals surface area contributed by atoms with Crippen molar-refractivity contribution in [1.82, 2.24) is 4.98 Å². The number of ether oxygens (including phenoxy) is 1. The highest BCUT2D eigenvalue weighted by Gasteiger charge is 2.17. The van der Waals surface area contributed by atoms with Crippen molar-refractivity contribution in [1.29, 1.82) is 0 Å². The molecule has 0 unspecified atom stereocenters. The lowest BCUT2D eigenvalue weighted by Gasteiger charge is -2.12. The predicted molar refractivity (Wildman–Crippen MR) is 55.9 cm³/mol. The van der Waals surface area contributed by atoms with E-state index in [0.717, 1.165) is 12.8 Å². The smallest absolute Gasteiger partial charge is 0.406 e. The fourth-order valence-electron chi connectivity index (χ4n) is 1.29. The summed E-state index contributed by atoms with van der Waals surface area (Å²) in [6.45, 7) is 3.93. The first-order valence-electron chi connectivity index (χ1n) is 4.91. The number of rotatable bonds is 5. The Kier molecular flexibility index (Phi) is 4.03. The van der Waals surface area contributed by atoms with Crippen LogP contribution >= 0.6 is 0 Å². The van der Waals surface area contributed by atoms with Gasteiger partial charge in [0.2, 0.25) is 5.75 Å². The van der Waals surface area contributed by atoms with Crippen LogP contribution in [0.3, 0.4) is 0 Å². The molecule has 0 N–H and O–H groups in total. The van der Waals surface area contributed by atoms with E-state index in [1.807, 2.05) is 13.8 Å². The summed E-state index contributed by atoms with van der Waals surface area (Å²) in [5.41, 5.74) is 0. The van der Waals surface area contributed by atoms with E-state index in [9.17, 15) is 10.1 Å². The molecule has 15 heavy (non-hydrogen) atoms. The van der Waals surface area contributed by atoms with Crippen LogP contribution in [0.4, 0.5) is 5.82 Å². The fraction of sp³-hybridized carbons (Fsp3) is 0.500. The maximum absolute atomic E-state index is 10.6. The molecule has 1 rings (SSSR count). The Morgan fingerprint density at radius 1 is 1.67 bits per heavy atom. The maximum Gasteiger partial charge on any atom is 0.406 e. The van der Waals surface area contributed by atoms with Gasteiger partial charge in [0.25, 0.3) is 0 Å². The van der Waals surface area contributed by atoms with Crippen LogP contribution in [-0.2, 0) is 0 Å². The zero-order chi connectivity index (χ0) is 11.3. The molecular weight excluding hydrogens is 196 g/mol. The molecule has 0 spiro atoms. The van der Waals surface area contributed by atoms with Crippen LogP contribution in [0.1, 0.15) is 26.7 Å².